The average molecular weight is 288 g/mol. The standard InChI is InChI=1S/C17H28N4/c1-3-8-17(9-4-1,21-11-5-2-6-12-21)14-19-13-16-7-10-18-15-20-16/h7,10,15,19H,1-6,8-9,11-14H2. The fraction of sp³-hybridized carbons (Fsp3) is 0.765. The van der Waals surface area contributed by atoms with E-state index in [0.29, 0.717) is 5.54 Å². The van der Waals surface area contributed by atoms with Crippen LogP contribution in [0.5, 0.6) is 0 Å². The van der Waals surface area contributed by atoms with Crippen molar-refractivity contribution < 1.29 is 0 Å². The topological polar surface area (TPSA) is 41.0 Å². The molecule has 116 valence electrons. The average Bonchev–Trinajstić information content (AvgIpc) is 2.58. The molecule has 0 bridgehead atoms. The van der Waals surface area contributed by atoms with Crippen LogP contribution in [0.25, 0.3) is 0 Å². The van der Waals surface area contributed by atoms with Crippen molar-refractivity contribution in [1.82, 2.24) is 20.2 Å². The summed E-state index contributed by atoms with van der Waals surface area (Å²) < 4.78 is 0. The number of rotatable bonds is 5. The van der Waals surface area contributed by atoms with Gasteiger partial charge in [0.05, 0.1) is 5.69 Å². The van der Waals surface area contributed by atoms with Gasteiger partial charge in [0.2, 0.25) is 0 Å². The number of hydrogen-bond acceptors (Lipinski definition) is 4. The number of nitrogens with one attached hydrogen (secondary N) is 1. The molecule has 1 saturated heterocycles. The van der Waals surface area contributed by atoms with Gasteiger partial charge in [-0.1, -0.05) is 25.7 Å². The normalized spacial score (nSPS) is 23.0. The summed E-state index contributed by atoms with van der Waals surface area (Å²) in [6.45, 7) is 4.57. The molecule has 21 heavy (non-hydrogen) atoms. The number of nitrogens with zero attached hydrogens (tertiary/aromatic N) is 3. The predicted molar refractivity (Wildman–Crippen MR) is 85.0 cm³/mol. The number of aromatic nitrogens is 2. The van der Waals surface area contributed by atoms with E-state index in [0.717, 1.165) is 18.8 Å². The molecule has 2 heterocycles. The Morgan fingerprint density at radius 3 is 2.52 bits per heavy atom. The zero-order chi connectivity index (χ0) is 14.4. The summed E-state index contributed by atoms with van der Waals surface area (Å²) in [7, 11) is 0. The molecule has 3 rings (SSSR count). The number of piperidine rings is 1. The van der Waals surface area contributed by atoms with Crippen molar-refractivity contribution >= 4 is 0 Å². The van der Waals surface area contributed by atoms with Crippen LogP contribution < -0.4 is 5.32 Å². The SMILES string of the molecule is c1cc(CNCC2(N3CCCCC3)CCCCC2)ncn1. The zero-order valence-electron chi connectivity index (χ0n) is 13.1. The monoisotopic (exact) mass is 288 g/mol. The predicted octanol–water partition coefficient (Wildman–Crippen LogP) is 2.76. The first kappa shape index (κ1) is 14.9. The van der Waals surface area contributed by atoms with Crippen molar-refractivity contribution in [3.8, 4) is 0 Å². The lowest BCUT2D eigenvalue weighted by Gasteiger charge is -2.48. The highest BCUT2D eigenvalue weighted by Gasteiger charge is 2.37. The van der Waals surface area contributed by atoms with E-state index >= 15 is 0 Å². The van der Waals surface area contributed by atoms with Crippen LogP contribution in [0.1, 0.15) is 57.1 Å². The second-order valence-corrected chi connectivity index (χ2v) is 6.64. The lowest BCUT2D eigenvalue weighted by atomic mass is 9.79. The fourth-order valence-electron chi connectivity index (χ4n) is 4.03. The molecule has 0 unspecified atom stereocenters. The molecule has 1 saturated carbocycles. The van der Waals surface area contributed by atoms with Crippen LogP contribution in [0.4, 0.5) is 0 Å². The molecule has 1 aliphatic carbocycles. The molecular formula is C17H28N4. The van der Waals surface area contributed by atoms with E-state index in [4.69, 9.17) is 0 Å². The summed E-state index contributed by atoms with van der Waals surface area (Å²) >= 11 is 0. The van der Waals surface area contributed by atoms with Gasteiger partial charge in [-0.05, 0) is 44.8 Å². The summed E-state index contributed by atoms with van der Waals surface area (Å²) in [6, 6.07) is 2.00. The van der Waals surface area contributed by atoms with Crippen molar-refractivity contribution in [2.45, 2.75) is 63.5 Å². The Kier molecular flexibility index (Phi) is 5.20. The van der Waals surface area contributed by atoms with Gasteiger partial charge in [-0.2, -0.15) is 0 Å². The third-order valence-electron chi connectivity index (χ3n) is 5.21. The van der Waals surface area contributed by atoms with Gasteiger partial charge < -0.3 is 5.32 Å². The second-order valence-electron chi connectivity index (χ2n) is 6.64. The van der Waals surface area contributed by atoms with Crippen LogP contribution in [0, 0.1) is 0 Å². The van der Waals surface area contributed by atoms with Gasteiger partial charge in [-0.15, -0.1) is 0 Å². The third kappa shape index (κ3) is 3.80. The maximum atomic E-state index is 4.31. The van der Waals surface area contributed by atoms with E-state index < -0.39 is 0 Å². The third-order valence-corrected chi connectivity index (χ3v) is 5.21. The Balaban J connectivity index is 1.59. The Morgan fingerprint density at radius 1 is 1.05 bits per heavy atom. The molecule has 2 aliphatic rings. The Bertz CT molecular complexity index is 408. The van der Waals surface area contributed by atoms with Crippen LogP contribution in [0.15, 0.2) is 18.6 Å². The van der Waals surface area contributed by atoms with Crippen LogP contribution in [0.2, 0.25) is 0 Å². The Morgan fingerprint density at radius 2 is 1.81 bits per heavy atom. The molecule has 0 radical (unpaired) electrons. The quantitative estimate of drug-likeness (QED) is 0.904. The van der Waals surface area contributed by atoms with Crippen molar-refractivity contribution in [2.24, 2.45) is 0 Å². The molecule has 2 fully saturated rings. The first-order valence-corrected chi connectivity index (χ1v) is 8.60. The smallest absolute Gasteiger partial charge is 0.115 e. The van der Waals surface area contributed by atoms with E-state index in [1.165, 1.54) is 64.5 Å². The van der Waals surface area contributed by atoms with Crippen LogP contribution in [-0.4, -0.2) is 40.0 Å². The van der Waals surface area contributed by atoms with E-state index in [1.54, 1.807) is 6.33 Å². The summed E-state index contributed by atoms with van der Waals surface area (Å²) in [5.74, 6) is 0. The summed E-state index contributed by atoms with van der Waals surface area (Å²) in [6.07, 6.45) is 14.6. The van der Waals surface area contributed by atoms with Gasteiger partial charge in [-0.25, -0.2) is 9.97 Å². The molecule has 1 aromatic heterocycles. The Labute approximate surface area is 128 Å². The van der Waals surface area contributed by atoms with E-state index in [9.17, 15) is 0 Å². The maximum Gasteiger partial charge on any atom is 0.115 e. The van der Waals surface area contributed by atoms with Crippen LogP contribution in [-0.2, 0) is 6.54 Å². The van der Waals surface area contributed by atoms with Crippen LogP contribution in [0.3, 0.4) is 0 Å². The van der Waals surface area contributed by atoms with Crippen molar-refractivity contribution in [3.05, 3.63) is 24.3 Å². The summed E-state index contributed by atoms with van der Waals surface area (Å²) in [5, 5.41) is 3.68. The number of likely N-dealkylation sites (tertiary alicyclic amines) is 1. The largest absolute Gasteiger partial charge is 0.309 e. The molecule has 0 aromatic carbocycles. The van der Waals surface area contributed by atoms with Gasteiger partial charge in [0.1, 0.15) is 6.33 Å². The zero-order valence-corrected chi connectivity index (χ0v) is 13.1. The molecule has 0 spiro atoms. The minimum atomic E-state index is 0.408. The van der Waals surface area contributed by atoms with E-state index in [-0.39, 0.29) is 0 Å². The minimum absolute atomic E-state index is 0.408. The van der Waals surface area contributed by atoms with Gasteiger partial charge in [-0.3, -0.25) is 4.90 Å². The van der Waals surface area contributed by atoms with E-state index in [2.05, 4.69) is 20.2 Å². The van der Waals surface area contributed by atoms with Crippen molar-refractivity contribution in [1.29, 1.82) is 0 Å². The molecule has 1 aromatic rings. The van der Waals surface area contributed by atoms with Crippen molar-refractivity contribution in [2.75, 3.05) is 19.6 Å². The molecule has 4 heteroatoms. The highest BCUT2D eigenvalue weighted by molar-refractivity contribution is 5.00. The lowest BCUT2D eigenvalue weighted by Crippen LogP contribution is -2.57. The molecule has 4 nitrogen and oxygen atoms in total. The van der Waals surface area contributed by atoms with E-state index in [1.807, 2.05) is 12.3 Å². The summed E-state index contributed by atoms with van der Waals surface area (Å²) in [5.41, 5.74) is 1.50. The molecule has 1 N–H and O–H groups in total. The highest BCUT2D eigenvalue weighted by atomic mass is 15.2. The lowest BCUT2D eigenvalue weighted by molar-refractivity contribution is 0.0332. The Hall–Kier alpha value is -1.00. The molecule has 1 aliphatic heterocycles. The molecule has 0 amide bonds. The first-order valence-electron chi connectivity index (χ1n) is 8.60. The number of hydrogen-bond donors (Lipinski definition) is 1. The minimum Gasteiger partial charge on any atom is -0.309 e. The molecule has 0 atom stereocenters. The van der Waals surface area contributed by atoms with Gasteiger partial charge in [0.25, 0.3) is 0 Å². The van der Waals surface area contributed by atoms with Gasteiger partial charge in [0, 0.05) is 24.8 Å². The second kappa shape index (κ2) is 7.32. The molecular weight excluding hydrogens is 260 g/mol. The first-order chi connectivity index (χ1) is 10.4. The van der Waals surface area contributed by atoms with Crippen molar-refractivity contribution in [3.63, 3.8) is 0 Å². The highest BCUT2D eigenvalue weighted by Crippen LogP contribution is 2.35. The van der Waals surface area contributed by atoms with Crippen LogP contribution >= 0.6 is 0 Å². The fourth-order valence-corrected chi connectivity index (χ4v) is 4.03. The maximum absolute atomic E-state index is 4.31. The van der Waals surface area contributed by atoms with Gasteiger partial charge in [0.15, 0.2) is 0 Å². The van der Waals surface area contributed by atoms with Gasteiger partial charge >= 0.3 is 0 Å². The summed E-state index contributed by atoms with van der Waals surface area (Å²) in [4.78, 5) is 11.1.